The van der Waals surface area contributed by atoms with Crippen LogP contribution in [0.25, 0.3) is 0 Å². The van der Waals surface area contributed by atoms with E-state index in [1.165, 1.54) is 6.20 Å². The van der Waals surface area contributed by atoms with Crippen molar-refractivity contribution >= 4 is 17.3 Å². The third kappa shape index (κ3) is 3.42. The molecular formula is C15H18N4O2. The number of nitrogens with one attached hydrogen (secondary N) is 1. The molecule has 110 valence electrons. The van der Waals surface area contributed by atoms with Gasteiger partial charge in [-0.3, -0.25) is 9.78 Å². The number of hydrogen-bond donors (Lipinski definition) is 2. The third-order valence-corrected chi connectivity index (χ3v) is 2.93. The van der Waals surface area contributed by atoms with Gasteiger partial charge in [0.25, 0.3) is 5.91 Å². The minimum absolute atomic E-state index is 0.268. The fourth-order valence-electron chi connectivity index (χ4n) is 1.74. The van der Waals surface area contributed by atoms with Crippen molar-refractivity contribution in [1.29, 1.82) is 0 Å². The molecule has 0 radical (unpaired) electrons. The summed E-state index contributed by atoms with van der Waals surface area (Å²) in [7, 11) is 5.42. The van der Waals surface area contributed by atoms with E-state index in [-0.39, 0.29) is 11.6 Å². The van der Waals surface area contributed by atoms with E-state index in [0.717, 1.165) is 5.69 Å². The van der Waals surface area contributed by atoms with Crippen LogP contribution in [-0.2, 0) is 0 Å². The Kier molecular flexibility index (Phi) is 4.27. The molecule has 0 aliphatic rings. The minimum atomic E-state index is -0.268. The molecule has 2 aromatic rings. The van der Waals surface area contributed by atoms with Crippen molar-refractivity contribution in [3.05, 3.63) is 42.2 Å². The molecule has 0 aliphatic carbocycles. The molecule has 0 unspecified atom stereocenters. The number of aromatic nitrogens is 1. The van der Waals surface area contributed by atoms with Crippen LogP contribution < -0.4 is 20.7 Å². The maximum atomic E-state index is 11.6. The van der Waals surface area contributed by atoms with Gasteiger partial charge in [0.05, 0.1) is 5.69 Å². The zero-order valence-corrected chi connectivity index (χ0v) is 12.3. The van der Waals surface area contributed by atoms with Gasteiger partial charge in [-0.25, -0.2) is 0 Å². The van der Waals surface area contributed by atoms with Crippen LogP contribution >= 0.6 is 0 Å². The number of carbonyl (C=O) groups is 1. The van der Waals surface area contributed by atoms with Crippen molar-refractivity contribution < 1.29 is 9.53 Å². The number of carbonyl (C=O) groups excluding carboxylic acids is 1. The summed E-state index contributed by atoms with van der Waals surface area (Å²) >= 11 is 0. The van der Waals surface area contributed by atoms with Crippen molar-refractivity contribution in [2.45, 2.75) is 0 Å². The normalized spacial score (nSPS) is 10.0. The van der Waals surface area contributed by atoms with Gasteiger partial charge in [-0.1, -0.05) is 0 Å². The summed E-state index contributed by atoms with van der Waals surface area (Å²) in [6.45, 7) is 0. The second kappa shape index (κ2) is 6.13. The van der Waals surface area contributed by atoms with Crippen molar-refractivity contribution in [2.75, 3.05) is 31.8 Å². The average Bonchev–Trinajstić information content (AvgIpc) is 2.48. The number of rotatable bonds is 4. The maximum absolute atomic E-state index is 11.6. The summed E-state index contributed by atoms with van der Waals surface area (Å²) < 4.78 is 5.76. The first-order valence-corrected chi connectivity index (χ1v) is 6.44. The standard InChI is InChI=1S/C15H18N4O2/c1-17-15(20)13-9-11(6-7-18-13)21-14-8-10(19(2)3)4-5-12(14)16/h4-9H,16H2,1-3H3,(H,17,20). The largest absolute Gasteiger partial charge is 0.455 e. The van der Waals surface area contributed by atoms with Gasteiger partial charge in [-0.05, 0) is 18.2 Å². The molecule has 0 bridgehead atoms. The summed E-state index contributed by atoms with van der Waals surface area (Å²) in [6, 6.07) is 8.78. The Balaban J connectivity index is 2.29. The molecule has 0 aliphatic heterocycles. The lowest BCUT2D eigenvalue weighted by Gasteiger charge is -2.15. The Labute approximate surface area is 123 Å². The highest BCUT2D eigenvalue weighted by molar-refractivity contribution is 5.92. The second-order valence-corrected chi connectivity index (χ2v) is 4.67. The summed E-state index contributed by atoms with van der Waals surface area (Å²) in [4.78, 5) is 17.5. The number of amides is 1. The second-order valence-electron chi connectivity index (χ2n) is 4.67. The summed E-state index contributed by atoms with van der Waals surface area (Å²) in [5, 5.41) is 2.52. The molecule has 2 rings (SSSR count). The Morgan fingerprint density at radius 2 is 2.05 bits per heavy atom. The lowest BCUT2D eigenvalue weighted by molar-refractivity contribution is 0.0958. The molecule has 0 fully saturated rings. The fraction of sp³-hybridized carbons (Fsp3) is 0.200. The molecule has 6 heteroatoms. The number of benzene rings is 1. The van der Waals surface area contributed by atoms with Crippen molar-refractivity contribution in [3.63, 3.8) is 0 Å². The van der Waals surface area contributed by atoms with E-state index in [1.807, 2.05) is 31.1 Å². The summed E-state index contributed by atoms with van der Waals surface area (Å²) in [5.74, 6) is 0.775. The van der Waals surface area contributed by atoms with Crippen LogP contribution in [0.15, 0.2) is 36.5 Å². The molecule has 1 heterocycles. The molecule has 1 aromatic carbocycles. The molecular weight excluding hydrogens is 268 g/mol. The molecule has 1 amide bonds. The monoisotopic (exact) mass is 286 g/mol. The highest BCUT2D eigenvalue weighted by Gasteiger charge is 2.09. The highest BCUT2D eigenvalue weighted by Crippen LogP contribution is 2.31. The number of nitrogens with zero attached hydrogens (tertiary/aromatic N) is 2. The van der Waals surface area contributed by atoms with Crippen molar-refractivity contribution in [2.24, 2.45) is 0 Å². The lowest BCUT2D eigenvalue weighted by Crippen LogP contribution is -2.18. The van der Waals surface area contributed by atoms with E-state index < -0.39 is 0 Å². The van der Waals surface area contributed by atoms with Crippen molar-refractivity contribution in [1.82, 2.24) is 10.3 Å². The van der Waals surface area contributed by atoms with Gasteiger partial charge in [0, 0.05) is 45.2 Å². The van der Waals surface area contributed by atoms with E-state index in [0.29, 0.717) is 17.2 Å². The smallest absolute Gasteiger partial charge is 0.269 e. The number of anilines is 2. The first kappa shape index (κ1) is 14.6. The number of pyridine rings is 1. The molecule has 0 saturated heterocycles. The van der Waals surface area contributed by atoms with E-state index in [2.05, 4.69) is 10.3 Å². The van der Waals surface area contributed by atoms with Gasteiger partial charge in [0.2, 0.25) is 0 Å². The minimum Gasteiger partial charge on any atom is -0.455 e. The highest BCUT2D eigenvalue weighted by atomic mass is 16.5. The SMILES string of the molecule is CNC(=O)c1cc(Oc2cc(N(C)C)ccc2N)ccn1. The Morgan fingerprint density at radius 1 is 1.29 bits per heavy atom. The zero-order chi connectivity index (χ0) is 15.4. The van der Waals surface area contributed by atoms with Crippen LogP contribution in [0.5, 0.6) is 11.5 Å². The molecule has 21 heavy (non-hydrogen) atoms. The molecule has 3 N–H and O–H groups in total. The van der Waals surface area contributed by atoms with Crippen LogP contribution in [0.1, 0.15) is 10.5 Å². The Hall–Kier alpha value is -2.76. The van der Waals surface area contributed by atoms with Gasteiger partial charge >= 0.3 is 0 Å². The van der Waals surface area contributed by atoms with Crippen molar-refractivity contribution in [3.8, 4) is 11.5 Å². The van der Waals surface area contributed by atoms with Gasteiger partial charge in [-0.2, -0.15) is 0 Å². The van der Waals surface area contributed by atoms with Crippen LogP contribution in [0.3, 0.4) is 0 Å². The third-order valence-electron chi connectivity index (χ3n) is 2.93. The number of hydrogen-bond acceptors (Lipinski definition) is 5. The zero-order valence-electron chi connectivity index (χ0n) is 12.3. The summed E-state index contributed by atoms with van der Waals surface area (Å²) in [5.41, 5.74) is 7.71. The van der Waals surface area contributed by atoms with Gasteiger partial charge in [0.15, 0.2) is 5.75 Å². The first-order valence-electron chi connectivity index (χ1n) is 6.44. The maximum Gasteiger partial charge on any atom is 0.269 e. The average molecular weight is 286 g/mol. The quantitative estimate of drug-likeness (QED) is 0.839. The molecule has 1 aromatic heterocycles. The number of nitrogen functional groups attached to an aromatic ring is 1. The molecule has 0 spiro atoms. The van der Waals surface area contributed by atoms with Gasteiger partial charge in [0.1, 0.15) is 11.4 Å². The van der Waals surface area contributed by atoms with Crippen LogP contribution in [0.4, 0.5) is 11.4 Å². The van der Waals surface area contributed by atoms with Crippen LogP contribution in [0.2, 0.25) is 0 Å². The van der Waals surface area contributed by atoms with Gasteiger partial charge < -0.3 is 20.7 Å². The van der Waals surface area contributed by atoms with E-state index in [1.54, 1.807) is 25.2 Å². The van der Waals surface area contributed by atoms with Crippen LogP contribution in [-0.4, -0.2) is 32.0 Å². The Morgan fingerprint density at radius 3 is 2.71 bits per heavy atom. The molecule has 6 nitrogen and oxygen atoms in total. The van der Waals surface area contributed by atoms with E-state index in [4.69, 9.17) is 10.5 Å². The number of ether oxygens (including phenoxy) is 1. The topological polar surface area (TPSA) is 80.5 Å². The summed E-state index contributed by atoms with van der Waals surface area (Å²) in [6.07, 6.45) is 1.52. The van der Waals surface area contributed by atoms with E-state index >= 15 is 0 Å². The first-order chi connectivity index (χ1) is 10.0. The predicted molar refractivity (Wildman–Crippen MR) is 82.9 cm³/mol. The van der Waals surface area contributed by atoms with Crippen LogP contribution in [0, 0.1) is 0 Å². The van der Waals surface area contributed by atoms with E-state index in [9.17, 15) is 4.79 Å². The Bertz CT molecular complexity index is 656. The van der Waals surface area contributed by atoms with Gasteiger partial charge in [-0.15, -0.1) is 0 Å². The lowest BCUT2D eigenvalue weighted by atomic mass is 10.2. The fourth-order valence-corrected chi connectivity index (χ4v) is 1.74. The number of nitrogens with two attached hydrogens (primary N) is 1. The predicted octanol–water partition coefficient (Wildman–Crippen LogP) is 1.88. The molecule has 0 saturated carbocycles. The molecule has 0 atom stereocenters.